The molecule has 0 aromatic heterocycles. The molecule has 0 fully saturated rings. The summed E-state index contributed by atoms with van der Waals surface area (Å²) in [7, 11) is -3.07. The Hall–Kier alpha value is -0.620. The molecule has 1 unspecified atom stereocenters. The van der Waals surface area contributed by atoms with Crippen LogP contribution in [-0.4, -0.2) is 42.2 Å². The van der Waals surface area contributed by atoms with Gasteiger partial charge in [-0.2, -0.15) is 0 Å². The second-order valence-corrected chi connectivity index (χ2v) is 9.20. The van der Waals surface area contributed by atoms with Crippen molar-refractivity contribution >= 4 is 15.8 Å². The number of carboxylic acids is 1. The van der Waals surface area contributed by atoms with Crippen LogP contribution in [0.3, 0.4) is 0 Å². The van der Waals surface area contributed by atoms with Crippen molar-refractivity contribution in [1.29, 1.82) is 0 Å². The molecule has 0 aliphatic rings. The van der Waals surface area contributed by atoms with Gasteiger partial charge < -0.3 is 10.2 Å². The van der Waals surface area contributed by atoms with E-state index >= 15 is 0 Å². The van der Waals surface area contributed by atoms with Crippen molar-refractivity contribution in [3.05, 3.63) is 0 Å². The minimum absolute atomic E-state index is 0.186. The molecule has 2 N–H and O–H groups in total. The van der Waals surface area contributed by atoms with Crippen molar-refractivity contribution in [2.24, 2.45) is 0 Å². The second kappa shape index (κ2) is 13.6. The van der Waals surface area contributed by atoms with E-state index in [4.69, 9.17) is 5.11 Å². The number of aliphatic hydroxyl groups is 1. The SMILES string of the molecule is CCCCC[C@H](O)CCCC(CCCCCCC(=O)O)S(C)(=O)=O. The number of carboxylic acid groups (broad SMARTS) is 1. The van der Waals surface area contributed by atoms with Crippen molar-refractivity contribution in [2.45, 2.75) is 102 Å². The lowest BCUT2D eigenvalue weighted by atomic mass is 10.0. The number of unbranched alkanes of at least 4 members (excludes halogenated alkanes) is 5. The molecular weight excluding hydrogens is 328 g/mol. The highest BCUT2D eigenvalue weighted by Crippen LogP contribution is 2.19. The number of aliphatic carboxylic acids is 1. The van der Waals surface area contributed by atoms with Gasteiger partial charge in [0.2, 0.25) is 0 Å². The Morgan fingerprint density at radius 2 is 1.42 bits per heavy atom. The summed E-state index contributed by atoms with van der Waals surface area (Å²) in [6.45, 7) is 2.13. The highest BCUT2D eigenvalue weighted by Gasteiger charge is 2.20. The number of hydrogen-bond acceptors (Lipinski definition) is 4. The Bertz CT molecular complexity index is 419. The summed E-state index contributed by atoms with van der Waals surface area (Å²) >= 11 is 0. The predicted octanol–water partition coefficient (Wildman–Crippen LogP) is 3.94. The average Bonchev–Trinajstić information content (AvgIpc) is 2.47. The van der Waals surface area contributed by atoms with Crippen LogP contribution in [0.15, 0.2) is 0 Å². The lowest BCUT2D eigenvalue weighted by Gasteiger charge is -2.16. The monoisotopic (exact) mass is 364 g/mol. The van der Waals surface area contributed by atoms with Gasteiger partial charge in [0.05, 0.1) is 11.4 Å². The maximum absolute atomic E-state index is 11.9. The van der Waals surface area contributed by atoms with Crippen LogP contribution in [0, 0.1) is 0 Å². The maximum Gasteiger partial charge on any atom is 0.303 e. The van der Waals surface area contributed by atoms with Gasteiger partial charge in [0.25, 0.3) is 0 Å². The molecule has 5 nitrogen and oxygen atoms in total. The Kier molecular flexibility index (Phi) is 13.3. The smallest absolute Gasteiger partial charge is 0.303 e. The topological polar surface area (TPSA) is 91.7 Å². The van der Waals surface area contributed by atoms with Crippen LogP contribution in [0.2, 0.25) is 0 Å². The normalized spacial score (nSPS) is 14.5. The average molecular weight is 365 g/mol. The van der Waals surface area contributed by atoms with Gasteiger partial charge in [0.1, 0.15) is 9.84 Å². The van der Waals surface area contributed by atoms with Crippen molar-refractivity contribution in [3.63, 3.8) is 0 Å². The summed E-state index contributed by atoms with van der Waals surface area (Å²) in [5, 5.41) is 18.2. The van der Waals surface area contributed by atoms with Crippen molar-refractivity contribution in [1.82, 2.24) is 0 Å². The summed E-state index contributed by atoms with van der Waals surface area (Å²) in [6.07, 6.45) is 11.1. The van der Waals surface area contributed by atoms with Crippen LogP contribution in [-0.2, 0) is 14.6 Å². The Labute approximate surface area is 147 Å². The Balaban J connectivity index is 3.96. The van der Waals surface area contributed by atoms with Gasteiger partial charge in [0.15, 0.2) is 0 Å². The molecule has 2 atom stereocenters. The summed E-state index contributed by atoms with van der Waals surface area (Å²) in [5.41, 5.74) is 0. The third-order valence-electron chi connectivity index (χ3n) is 4.48. The fourth-order valence-corrected chi connectivity index (χ4v) is 4.12. The minimum Gasteiger partial charge on any atom is -0.481 e. The summed E-state index contributed by atoms with van der Waals surface area (Å²) in [4.78, 5) is 10.4. The van der Waals surface area contributed by atoms with Gasteiger partial charge in [-0.3, -0.25) is 4.79 Å². The molecule has 6 heteroatoms. The van der Waals surface area contributed by atoms with Gasteiger partial charge in [-0.05, 0) is 38.5 Å². The molecule has 0 amide bonds. The van der Waals surface area contributed by atoms with E-state index in [0.29, 0.717) is 25.7 Å². The lowest BCUT2D eigenvalue weighted by molar-refractivity contribution is -0.137. The molecule has 0 saturated heterocycles. The van der Waals surface area contributed by atoms with Crippen LogP contribution in [0.4, 0.5) is 0 Å². The molecule has 24 heavy (non-hydrogen) atoms. The molecule has 0 rings (SSSR count). The third kappa shape index (κ3) is 13.8. The van der Waals surface area contributed by atoms with Crippen molar-refractivity contribution in [3.8, 4) is 0 Å². The van der Waals surface area contributed by atoms with Gasteiger partial charge in [0, 0.05) is 12.7 Å². The molecule has 0 heterocycles. The molecule has 0 spiro atoms. The molecule has 144 valence electrons. The summed E-state index contributed by atoms with van der Waals surface area (Å²) in [5.74, 6) is -0.776. The van der Waals surface area contributed by atoms with Crippen molar-refractivity contribution < 1.29 is 23.4 Å². The zero-order chi connectivity index (χ0) is 18.4. The molecule has 0 aromatic carbocycles. The molecular formula is C18H36O5S. The van der Waals surface area contributed by atoms with Crippen molar-refractivity contribution in [2.75, 3.05) is 6.26 Å². The highest BCUT2D eigenvalue weighted by atomic mass is 32.2. The first kappa shape index (κ1) is 23.4. The van der Waals surface area contributed by atoms with Gasteiger partial charge >= 0.3 is 5.97 Å². The van der Waals surface area contributed by atoms with E-state index in [9.17, 15) is 18.3 Å². The number of sulfone groups is 1. The van der Waals surface area contributed by atoms with Gasteiger partial charge in [-0.15, -0.1) is 0 Å². The van der Waals surface area contributed by atoms with Crippen LogP contribution in [0.5, 0.6) is 0 Å². The quantitative estimate of drug-likeness (QED) is 0.405. The highest BCUT2D eigenvalue weighted by molar-refractivity contribution is 7.91. The number of carbonyl (C=O) groups is 1. The zero-order valence-electron chi connectivity index (χ0n) is 15.4. The van der Waals surface area contributed by atoms with Gasteiger partial charge in [-0.25, -0.2) is 8.42 Å². The Morgan fingerprint density at radius 3 is 2.00 bits per heavy atom. The van der Waals surface area contributed by atoms with Crippen LogP contribution < -0.4 is 0 Å². The number of hydrogen-bond donors (Lipinski definition) is 2. The van der Waals surface area contributed by atoms with E-state index in [1.807, 2.05) is 0 Å². The maximum atomic E-state index is 11.9. The molecule has 0 aromatic rings. The summed E-state index contributed by atoms with van der Waals surface area (Å²) < 4.78 is 23.8. The van der Waals surface area contributed by atoms with Crippen LogP contribution >= 0.6 is 0 Å². The summed E-state index contributed by atoms with van der Waals surface area (Å²) in [6, 6.07) is 0. The molecule has 0 aliphatic heterocycles. The lowest BCUT2D eigenvalue weighted by Crippen LogP contribution is -2.20. The van der Waals surface area contributed by atoms with E-state index < -0.39 is 15.8 Å². The predicted molar refractivity (Wildman–Crippen MR) is 98.0 cm³/mol. The van der Waals surface area contributed by atoms with E-state index in [0.717, 1.165) is 51.4 Å². The second-order valence-electron chi connectivity index (χ2n) is 6.88. The zero-order valence-corrected chi connectivity index (χ0v) is 16.2. The largest absolute Gasteiger partial charge is 0.481 e. The van der Waals surface area contributed by atoms with E-state index in [2.05, 4.69) is 6.92 Å². The Morgan fingerprint density at radius 1 is 0.875 bits per heavy atom. The molecule has 0 aliphatic carbocycles. The first-order valence-corrected chi connectivity index (χ1v) is 11.3. The molecule has 0 bridgehead atoms. The van der Waals surface area contributed by atoms with Crippen LogP contribution in [0.25, 0.3) is 0 Å². The van der Waals surface area contributed by atoms with E-state index in [1.54, 1.807) is 0 Å². The molecule has 0 saturated carbocycles. The number of rotatable bonds is 16. The number of aliphatic hydroxyl groups excluding tert-OH is 1. The van der Waals surface area contributed by atoms with Crippen LogP contribution in [0.1, 0.15) is 90.4 Å². The fourth-order valence-electron chi connectivity index (χ4n) is 2.93. The fraction of sp³-hybridized carbons (Fsp3) is 0.944. The molecule has 0 radical (unpaired) electrons. The van der Waals surface area contributed by atoms with E-state index in [-0.39, 0.29) is 17.8 Å². The minimum atomic E-state index is -3.07. The van der Waals surface area contributed by atoms with E-state index in [1.165, 1.54) is 6.26 Å². The van der Waals surface area contributed by atoms with Gasteiger partial charge in [-0.1, -0.05) is 45.4 Å². The standard InChI is InChI=1S/C18H36O5S/c1-3-4-7-11-16(19)12-10-14-17(24(2,22)23)13-8-5-6-9-15-18(20)21/h16-17,19H,3-15H2,1-2H3,(H,20,21)/t16-,17?/m0/s1. The first-order chi connectivity index (χ1) is 11.3. The third-order valence-corrected chi connectivity index (χ3v) is 6.16. The first-order valence-electron chi connectivity index (χ1n) is 9.36.